The maximum Gasteiger partial charge on any atom is 0.130 e. The zero-order valence-corrected chi connectivity index (χ0v) is 11.1. The highest BCUT2D eigenvalue weighted by molar-refractivity contribution is 6.31. The zero-order chi connectivity index (χ0) is 12.7. The molecule has 0 heterocycles. The van der Waals surface area contributed by atoms with E-state index >= 15 is 0 Å². The lowest BCUT2D eigenvalue weighted by atomic mass is 9.64. The Balaban J connectivity index is 2.38. The number of nitrogens with two attached hydrogens (primary N) is 1. The fraction of sp³-hybridized carbons (Fsp3) is 0.571. The maximum atomic E-state index is 13.8. The van der Waals surface area contributed by atoms with E-state index in [1.807, 2.05) is 12.1 Å². The quantitative estimate of drug-likeness (QED) is 0.870. The first kappa shape index (κ1) is 12.8. The summed E-state index contributed by atoms with van der Waals surface area (Å²) in [7, 11) is 0. The summed E-state index contributed by atoms with van der Waals surface area (Å²) in [6.45, 7) is 3.70. The highest BCUT2D eigenvalue weighted by Crippen LogP contribution is 2.46. The highest BCUT2D eigenvalue weighted by Gasteiger charge is 2.39. The summed E-state index contributed by atoms with van der Waals surface area (Å²) in [6, 6.07) is 5.52. The number of halogens is 2. The minimum Gasteiger partial charge on any atom is -0.330 e. The van der Waals surface area contributed by atoms with Gasteiger partial charge in [0.25, 0.3) is 0 Å². The first-order valence-corrected chi connectivity index (χ1v) is 6.46. The van der Waals surface area contributed by atoms with Crippen LogP contribution in [0.15, 0.2) is 18.2 Å². The lowest BCUT2D eigenvalue weighted by Crippen LogP contribution is -2.41. The molecule has 0 amide bonds. The molecule has 0 radical (unpaired) electrons. The van der Waals surface area contributed by atoms with Crippen LogP contribution in [-0.2, 0) is 11.1 Å². The molecule has 1 aromatic rings. The van der Waals surface area contributed by atoms with Crippen molar-refractivity contribution in [2.24, 2.45) is 5.73 Å². The molecule has 0 bridgehead atoms. The van der Waals surface area contributed by atoms with Gasteiger partial charge in [0.15, 0.2) is 0 Å². The van der Waals surface area contributed by atoms with Crippen LogP contribution < -0.4 is 5.73 Å². The Morgan fingerprint density at radius 1 is 1.41 bits per heavy atom. The first-order chi connectivity index (χ1) is 7.89. The Hall–Kier alpha value is -0.600. The van der Waals surface area contributed by atoms with Crippen LogP contribution in [0.25, 0.3) is 0 Å². The second-order valence-corrected chi connectivity index (χ2v) is 5.91. The smallest absolute Gasteiger partial charge is 0.130 e. The summed E-state index contributed by atoms with van der Waals surface area (Å²) in [6.07, 6.45) is 3.37. The van der Waals surface area contributed by atoms with Crippen LogP contribution in [0.2, 0.25) is 5.02 Å². The minimum atomic E-state index is -1.35. The Kier molecular flexibility index (Phi) is 3.21. The molecule has 1 nitrogen and oxygen atoms in total. The van der Waals surface area contributed by atoms with Crippen LogP contribution in [-0.4, -0.2) is 6.54 Å². The summed E-state index contributed by atoms with van der Waals surface area (Å²) < 4.78 is 13.8. The Bertz CT molecular complexity index is 413. The van der Waals surface area contributed by atoms with Crippen LogP contribution in [0.5, 0.6) is 0 Å². The summed E-state index contributed by atoms with van der Waals surface area (Å²) in [5, 5.41) is 0.651. The summed E-state index contributed by atoms with van der Waals surface area (Å²) in [5.41, 5.74) is 6.26. The molecule has 0 aromatic heterocycles. The molecule has 1 fully saturated rings. The van der Waals surface area contributed by atoms with Gasteiger partial charge >= 0.3 is 0 Å². The number of hydrogen-bond donors (Lipinski definition) is 1. The molecule has 2 rings (SSSR count). The van der Waals surface area contributed by atoms with Gasteiger partial charge in [0, 0.05) is 17.0 Å². The van der Waals surface area contributed by atoms with Crippen LogP contribution in [0.4, 0.5) is 4.39 Å². The average molecular weight is 256 g/mol. The van der Waals surface area contributed by atoms with E-state index in [0.717, 1.165) is 18.4 Å². The van der Waals surface area contributed by atoms with E-state index in [1.165, 1.54) is 6.42 Å². The lowest BCUT2D eigenvalue weighted by Gasteiger charge is -2.42. The molecule has 3 heteroatoms. The van der Waals surface area contributed by atoms with E-state index < -0.39 is 5.67 Å². The second kappa shape index (κ2) is 4.25. The Labute approximate surface area is 107 Å². The van der Waals surface area contributed by atoms with Crippen LogP contribution in [0.3, 0.4) is 0 Å². The molecule has 0 spiro atoms. The Morgan fingerprint density at radius 2 is 2.06 bits per heavy atom. The van der Waals surface area contributed by atoms with Crippen molar-refractivity contribution in [1.29, 1.82) is 0 Å². The van der Waals surface area contributed by atoms with Gasteiger partial charge in [0.1, 0.15) is 5.67 Å². The van der Waals surface area contributed by atoms with E-state index in [1.54, 1.807) is 19.9 Å². The largest absolute Gasteiger partial charge is 0.330 e. The van der Waals surface area contributed by atoms with E-state index in [4.69, 9.17) is 17.3 Å². The topological polar surface area (TPSA) is 26.0 Å². The van der Waals surface area contributed by atoms with Gasteiger partial charge in [-0.1, -0.05) is 30.2 Å². The van der Waals surface area contributed by atoms with Crippen molar-refractivity contribution in [1.82, 2.24) is 0 Å². The molecular formula is C14H19ClFN. The lowest BCUT2D eigenvalue weighted by molar-refractivity contribution is 0.220. The number of benzene rings is 1. The van der Waals surface area contributed by atoms with Crippen molar-refractivity contribution in [3.63, 3.8) is 0 Å². The van der Waals surface area contributed by atoms with E-state index in [2.05, 4.69) is 0 Å². The van der Waals surface area contributed by atoms with Crippen molar-refractivity contribution in [3.05, 3.63) is 34.3 Å². The third-order valence-corrected chi connectivity index (χ3v) is 4.24. The van der Waals surface area contributed by atoms with Crippen molar-refractivity contribution >= 4 is 11.6 Å². The van der Waals surface area contributed by atoms with E-state index in [-0.39, 0.29) is 5.41 Å². The molecule has 0 aliphatic heterocycles. The van der Waals surface area contributed by atoms with Gasteiger partial charge < -0.3 is 5.73 Å². The van der Waals surface area contributed by atoms with Crippen LogP contribution >= 0.6 is 11.6 Å². The van der Waals surface area contributed by atoms with Gasteiger partial charge in [-0.05, 0) is 43.9 Å². The summed E-state index contributed by atoms with van der Waals surface area (Å²) in [4.78, 5) is 0. The molecule has 1 aromatic carbocycles. The SMILES string of the molecule is CC(C)(F)c1ccc(C2(CN)CCC2)c(Cl)c1. The van der Waals surface area contributed by atoms with E-state index in [0.29, 0.717) is 17.1 Å². The molecule has 1 saturated carbocycles. The van der Waals surface area contributed by atoms with Crippen molar-refractivity contribution in [3.8, 4) is 0 Å². The molecule has 94 valence electrons. The Morgan fingerprint density at radius 3 is 2.41 bits per heavy atom. The van der Waals surface area contributed by atoms with E-state index in [9.17, 15) is 4.39 Å². The van der Waals surface area contributed by atoms with Crippen molar-refractivity contribution < 1.29 is 4.39 Å². The first-order valence-electron chi connectivity index (χ1n) is 6.08. The van der Waals surface area contributed by atoms with Gasteiger partial charge in [-0.2, -0.15) is 0 Å². The monoisotopic (exact) mass is 255 g/mol. The van der Waals surface area contributed by atoms with Gasteiger partial charge in [-0.15, -0.1) is 0 Å². The van der Waals surface area contributed by atoms with Crippen molar-refractivity contribution in [2.75, 3.05) is 6.54 Å². The fourth-order valence-electron chi connectivity index (χ4n) is 2.50. The number of alkyl halides is 1. The van der Waals surface area contributed by atoms with Gasteiger partial charge in [0.2, 0.25) is 0 Å². The maximum absolute atomic E-state index is 13.8. The molecule has 1 aliphatic rings. The molecule has 0 saturated heterocycles. The number of rotatable bonds is 3. The summed E-state index contributed by atoms with van der Waals surface area (Å²) in [5.74, 6) is 0. The second-order valence-electron chi connectivity index (χ2n) is 5.51. The zero-order valence-electron chi connectivity index (χ0n) is 10.4. The van der Waals surface area contributed by atoms with Crippen molar-refractivity contribution in [2.45, 2.75) is 44.2 Å². The van der Waals surface area contributed by atoms with Gasteiger partial charge in [-0.3, -0.25) is 0 Å². The highest BCUT2D eigenvalue weighted by atomic mass is 35.5. The number of hydrogen-bond acceptors (Lipinski definition) is 1. The molecule has 1 aliphatic carbocycles. The normalized spacial score (nSPS) is 18.9. The third kappa shape index (κ3) is 2.21. The predicted octanol–water partition coefficient (Wildman–Crippen LogP) is 3.93. The van der Waals surface area contributed by atoms with Crippen LogP contribution in [0.1, 0.15) is 44.2 Å². The average Bonchev–Trinajstić information content (AvgIpc) is 2.17. The fourth-order valence-corrected chi connectivity index (χ4v) is 2.88. The standard InChI is InChI=1S/C14H19ClFN/c1-13(2,16)10-4-5-11(12(15)8-10)14(9-17)6-3-7-14/h4-5,8H,3,6-7,9,17H2,1-2H3. The molecule has 2 N–H and O–H groups in total. The molecule has 0 atom stereocenters. The molecule has 0 unspecified atom stereocenters. The third-order valence-electron chi connectivity index (χ3n) is 3.93. The molecule has 17 heavy (non-hydrogen) atoms. The molecular weight excluding hydrogens is 237 g/mol. The van der Waals surface area contributed by atoms with Gasteiger partial charge in [-0.25, -0.2) is 4.39 Å². The summed E-state index contributed by atoms with van der Waals surface area (Å²) >= 11 is 6.29. The minimum absolute atomic E-state index is 0.0378. The predicted molar refractivity (Wildman–Crippen MR) is 70.2 cm³/mol. The van der Waals surface area contributed by atoms with Gasteiger partial charge in [0.05, 0.1) is 0 Å². The van der Waals surface area contributed by atoms with Crippen LogP contribution in [0, 0.1) is 0 Å².